The highest BCUT2D eigenvalue weighted by atomic mass is 15.0. The normalized spacial score (nSPS) is 11.8. The maximum absolute atomic E-state index is 5.26. The molecule has 4 nitrogen and oxygen atoms in total. The molecule has 0 atom stereocenters. The van der Waals surface area contributed by atoms with Crippen LogP contribution in [-0.4, -0.2) is 19.5 Å². The first-order valence-electron chi connectivity index (χ1n) is 23.1. The predicted octanol–water partition coefficient (Wildman–Crippen LogP) is 16.9. The topological polar surface area (TPSA) is 43.6 Å². The first-order valence-corrected chi connectivity index (χ1v) is 23.1. The van der Waals surface area contributed by atoms with Crippen LogP contribution in [0.5, 0.6) is 0 Å². The molecular formula is C64H44N4. The van der Waals surface area contributed by atoms with Gasteiger partial charge in [-0.3, -0.25) is 0 Å². The Kier molecular flexibility index (Phi) is 10.2. The molecule has 12 rings (SSSR count). The summed E-state index contributed by atoms with van der Waals surface area (Å²) in [6.45, 7) is 6.36. The van der Waals surface area contributed by atoms with E-state index in [-0.39, 0.29) is 0 Å². The van der Waals surface area contributed by atoms with Crippen LogP contribution in [0.4, 0.5) is 0 Å². The van der Waals surface area contributed by atoms with Crippen molar-refractivity contribution in [2.24, 2.45) is 0 Å². The highest BCUT2D eigenvalue weighted by Gasteiger charge is 2.18. The molecule has 12 aromatic rings. The van der Waals surface area contributed by atoms with Gasteiger partial charge in [-0.1, -0.05) is 195 Å². The Hall–Kier alpha value is -8.99. The summed E-state index contributed by atoms with van der Waals surface area (Å²) in [6.07, 6.45) is 8.04. The molecule has 2 aromatic heterocycles. The van der Waals surface area contributed by atoms with Crippen LogP contribution < -0.4 is 0 Å². The molecule has 0 saturated heterocycles. The molecule has 0 bridgehead atoms. The van der Waals surface area contributed by atoms with Crippen molar-refractivity contribution in [3.8, 4) is 62.1 Å². The largest absolute Gasteiger partial charge is 0.309 e. The molecule has 0 saturated carbocycles. The van der Waals surface area contributed by atoms with Gasteiger partial charge in [0.25, 0.3) is 0 Å². The molecule has 0 aliphatic rings. The standard InChI is InChI=1S/C64H44N4/c1-3-4-7-18-42(2)45-23-16-25-48(37-45)62-65-63(49-26-17-24-46(38-49)43-19-8-5-9-20-43)67-64(66-62)50-31-34-54-52-27-12-13-28-53(52)58-41-51(33-35-55(58)57(54)40-50)68-60-30-15-14-29-56(60)59-39-47(32-36-61(59)68)44-21-10-6-11-22-44/h3-41H,2H2,1H3/b4-3-,18-7-. The van der Waals surface area contributed by atoms with Crippen molar-refractivity contribution in [3.05, 3.63) is 249 Å². The van der Waals surface area contributed by atoms with E-state index in [1.807, 2.05) is 43.4 Å². The number of hydrogen-bond acceptors (Lipinski definition) is 3. The van der Waals surface area contributed by atoms with E-state index in [0.29, 0.717) is 17.5 Å². The third-order valence-electron chi connectivity index (χ3n) is 13.1. The molecule has 0 N–H and O–H groups in total. The van der Waals surface area contributed by atoms with Crippen molar-refractivity contribution in [2.45, 2.75) is 6.92 Å². The Morgan fingerprint density at radius 1 is 0.368 bits per heavy atom. The minimum Gasteiger partial charge on any atom is -0.309 e. The maximum Gasteiger partial charge on any atom is 0.164 e. The van der Waals surface area contributed by atoms with Gasteiger partial charge >= 0.3 is 0 Å². The lowest BCUT2D eigenvalue weighted by Crippen LogP contribution is -2.01. The van der Waals surface area contributed by atoms with Gasteiger partial charge in [0.05, 0.1) is 11.0 Å². The average molecular weight is 869 g/mol. The van der Waals surface area contributed by atoms with Crippen LogP contribution >= 0.6 is 0 Å². The number of aromatic nitrogens is 4. The summed E-state index contributed by atoms with van der Waals surface area (Å²) in [5, 5.41) is 9.54. The Bertz CT molecular complexity index is 3990. The molecular weight excluding hydrogens is 825 g/mol. The van der Waals surface area contributed by atoms with Gasteiger partial charge in [-0.25, -0.2) is 15.0 Å². The summed E-state index contributed by atoms with van der Waals surface area (Å²) >= 11 is 0. The molecule has 0 aliphatic heterocycles. The van der Waals surface area contributed by atoms with E-state index in [9.17, 15) is 0 Å². The molecule has 0 spiro atoms. The van der Waals surface area contributed by atoms with Gasteiger partial charge in [0.1, 0.15) is 0 Å². The lowest BCUT2D eigenvalue weighted by Gasteiger charge is -2.15. The lowest BCUT2D eigenvalue weighted by molar-refractivity contribution is 1.07. The van der Waals surface area contributed by atoms with Gasteiger partial charge in [-0.05, 0) is 121 Å². The minimum absolute atomic E-state index is 0.595. The van der Waals surface area contributed by atoms with Gasteiger partial charge in [0.2, 0.25) is 0 Å². The van der Waals surface area contributed by atoms with Crippen LogP contribution in [0.1, 0.15) is 12.5 Å². The van der Waals surface area contributed by atoms with Crippen LogP contribution in [0.15, 0.2) is 243 Å². The van der Waals surface area contributed by atoms with Crippen LogP contribution in [0.2, 0.25) is 0 Å². The van der Waals surface area contributed by atoms with Gasteiger partial charge in [-0.15, -0.1) is 0 Å². The van der Waals surface area contributed by atoms with Crippen LogP contribution in [0.3, 0.4) is 0 Å². The minimum atomic E-state index is 0.595. The molecule has 320 valence electrons. The number of allylic oxidation sites excluding steroid dienone is 5. The zero-order valence-electron chi connectivity index (χ0n) is 37.5. The van der Waals surface area contributed by atoms with Crippen molar-refractivity contribution >= 4 is 59.7 Å². The third kappa shape index (κ3) is 7.25. The number of rotatable bonds is 9. The number of hydrogen-bond donors (Lipinski definition) is 0. The average Bonchev–Trinajstić information content (AvgIpc) is 3.75. The highest BCUT2D eigenvalue weighted by Crippen LogP contribution is 2.41. The van der Waals surface area contributed by atoms with E-state index in [2.05, 4.69) is 211 Å². The van der Waals surface area contributed by atoms with Crippen molar-refractivity contribution in [2.75, 3.05) is 0 Å². The number of para-hydroxylation sites is 1. The summed E-state index contributed by atoms with van der Waals surface area (Å²) in [5.74, 6) is 1.81. The second-order valence-corrected chi connectivity index (χ2v) is 17.2. The molecule has 0 unspecified atom stereocenters. The number of benzene rings is 10. The number of nitrogens with zero attached hydrogens (tertiary/aromatic N) is 4. The summed E-state index contributed by atoms with van der Waals surface area (Å²) in [5.41, 5.74) is 12.7. The fourth-order valence-electron chi connectivity index (χ4n) is 9.75. The van der Waals surface area contributed by atoms with Crippen molar-refractivity contribution in [1.29, 1.82) is 0 Å². The fourth-order valence-corrected chi connectivity index (χ4v) is 9.75. The molecule has 10 aromatic carbocycles. The molecule has 2 heterocycles. The fraction of sp³-hybridized carbons (Fsp3) is 0.0156. The summed E-state index contributed by atoms with van der Waals surface area (Å²) in [6, 6.07) is 75.8. The molecule has 0 aliphatic carbocycles. The van der Waals surface area contributed by atoms with E-state index >= 15 is 0 Å². The monoisotopic (exact) mass is 868 g/mol. The maximum atomic E-state index is 5.26. The third-order valence-corrected chi connectivity index (χ3v) is 13.1. The molecule has 0 fully saturated rings. The zero-order valence-corrected chi connectivity index (χ0v) is 37.5. The van der Waals surface area contributed by atoms with Crippen molar-refractivity contribution in [1.82, 2.24) is 19.5 Å². The second kappa shape index (κ2) is 17.1. The van der Waals surface area contributed by atoms with Crippen molar-refractivity contribution < 1.29 is 0 Å². The predicted molar refractivity (Wildman–Crippen MR) is 287 cm³/mol. The van der Waals surface area contributed by atoms with Crippen LogP contribution in [0.25, 0.3) is 122 Å². The summed E-state index contributed by atoms with van der Waals surface area (Å²) in [7, 11) is 0. The first-order chi connectivity index (χ1) is 33.6. The Morgan fingerprint density at radius 2 is 0.853 bits per heavy atom. The van der Waals surface area contributed by atoms with E-state index in [1.54, 1.807) is 0 Å². The van der Waals surface area contributed by atoms with Crippen molar-refractivity contribution in [3.63, 3.8) is 0 Å². The highest BCUT2D eigenvalue weighted by molar-refractivity contribution is 6.26. The molecule has 68 heavy (non-hydrogen) atoms. The molecule has 0 radical (unpaired) electrons. The molecule has 0 amide bonds. The Morgan fingerprint density at radius 3 is 1.57 bits per heavy atom. The van der Waals surface area contributed by atoms with Gasteiger partial charge < -0.3 is 4.57 Å². The lowest BCUT2D eigenvalue weighted by atomic mass is 9.93. The van der Waals surface area contributed by atoms with E-state index in [1.165, 1.54) is 59.9 Å². The SMILES string of the molecule is C=C(/C=C\C=C/C)c1cccc(-c2nc(-c3cccc(-c4ccccc4)c3)nc(-c3ccc4c5ccccc5c5cc(-n6c7ccccc7c7cc(-c8ccccc8)ccc76)ccc5c4c3)n2)c1. The summed E-state index contributed by atoms with van der Waals surface area (Å²) in [4.78, 5) is 15.7. The number of fused-ring (bicyclic) bond motifs is 9. The second-order valence-electron chi connectivity index (χ2n) is 17.2. The van der Waals surface area contributed by atoms with Gasteiger partial charge in [0, 0.05) is 33.2 Å². The van der Waals surface area contributed by atoms with E-state index in [0.717, 1.165) is 50.0 Å². The summed E-state index contributed by atoms with van der Waals surface area (Å²) < 4.78 is 2.41. The molecule has 4 heteroatoms. The Balaban J connectivity index is 1.04. The van der Waals surface area contributed by atoms with Crippen LogP contribution in [-0.2, 0) is 0 Å². The van der Waals surface area contributed by atoms with Gasteiger partial charge in [-0.2, -0.15) is 0 Å². The zero-order chi connectivity index (χ0) is 45.6. The first kappa shape index (κ1) is 40.5. The van der Waals surface area contributed by atoms with E-state index in [4.69, 9.17) is 15.0 Å². The van der Waals surface area contributed by atoms with Gasteiger partial charge in [0.15, 0.2) is 17.5 Å². The Labute approximate surface area is 395 Å². The van der Waals surface area contributed by atoms with E-state index < -0.39 is 0 Å². The smallest absolute Gasteiger partial charge is 0.164 e. The quantitative estimate of drug-likeness (QED) is 0.107. The van der Waals surface area contributed by atoms with Crippen LogP contribution in [0, 0.1) is 0 Å².